The number of fused-ring (bicyclic) bond motifs is 2. The van der Waals surface area contributed by atoms with E-state index in [2.05, 4.69) is 26.1 Å². The van der Waals surface area contributed by atoms with Gasteiger partial charge in [-0.1, -0.05) is 26.8 Å². The van der Waals surface area contributed by atoms with E-state index in [1.54, 1.807) is 30.0 Å². The van der Waals surface area contributed by atoms with Crippen LogP contribution in [0.25, 0.3) is 6.08 Å². The van der Waals surface area contributed by atoms with Gasteiger partial charge in [0.25, 0.3) is 0 Å². The first-order chi connectivity index (χ1) is 17.0. The number of phenolic OH excluding ortho intramolecular Hbond substituents is 1. The highest BCUT2D eigenvalue weighted by atomic mass is 16.5. The largest absolute Gasteiger partial charge is 0.504 e. The van der Waals surface area contributed by atoms with Crippen molar-refractivity contribution in [2.75, 3.05) is 13.7 Å². The van der Waals surface area contributed by atoms with Gasteiger partial charge in [0.1, 0.15) is 18.2 Å². The van der Waals surface area contributed by atoms with Crippen LogP contribution in [0, 0.1) is 16.7 Å². The van der Waals surface area contributed by atoms with Crippen LogP contribution < -0.4 is 10.1 Å². The van der Waals surface area contributed by atoms with E-state index in [1.807, 2.05) is 0 Å². The number of ether oxygens (including phenoxy) is 2. The minimum atomic E-state index is -0.788. The molecular formula is C28H38N2O6. The molecule has 0 spiro atoms. The molecule has 8 nitrogen and oxygen atoms in total. The van der Waals surface area contributed by atoms with Gasteiger partial charge in [0.05, 0.1) is 7.11 Å². The molecule has 3 aliphatic rings. The van der Waals surface area contributed by atoms with Crippen molar-refractivity contribution < 1.29 is 29.0 Å². The molecule has 2 N–H and O–H groups in total. The molecule has 0 radical (unpaired) electrons. The molecule has 196 valence electrons. The third-order valence-electron chi connectivity index (χ3n) is 9.14. The molecule has 2 saturated carbocycles. The summed E-state index contributed by atoms with van der Waals surface area (Å²) in [6, 6.07) is 3.33. The van der Waals surface area contributed by atoms with E-state index in [1.165, 1.54) is 25.7 Å². The number of aromatic hydroxyl groups is 1. The van der Waals surface area contributed by atoms with E-state index >= 15 is 0 Å². The molecule has 8 heteroatoms. The summed E-state index contributed by atoms with van der Waals surface area (Å²) in [6.45, 7) is 8.88. The van der Waals surface area contributed by atoms with Gasteiger partial charge in [0.2, 0.25) is 11.8 Å². The van der Waals surface area contributed by atoms with Crippen LogP contribution in [0.2, 0.25) is 0 Å². The summed E-state index contributed by atoms with van der Waals surface area (Å²) in [4.78, 5) is 40.3. The number of methoxy groups -OCH3 is 1. The van der Waals surface area contributed by atoms with Gasteiger partial charge in [-0.05, 0) is 74.1 Å². The summed E-state index contributed by atoms with van der Waals surface area (Å²) >= 11 is 0. The molecular weight excluding hydrogens is 460 g/mol. The van der Waals surface area contributed by atoms with Gasteiger partial charge in [-0.15, -0.1) is 0 Å². The lowest BCUT2D eigenvalue weighted by Gasteiger charge is -2.39. The minimum Gasteiger partial charge on any atom is -0.504 e. The Morgan fingerprint density at radius 2 is 1.97 bits per heavy atom. The lowest BCUT2D eigenvalue weighted by Crippen LogP contribution is -2.51. The fraction of sp³-hybridized carbons (Fsp3) is 0.607. The smallest absolute Gasteiger partial charge is 0.329 e. The van der Waals surface area contributed by atoms with Crippen molar-refractivity contribution in [3.8, 4) is 11.5 Å². The van der Waals surface area contributed by atoms with E-state index in [4.69, 9.17) is 9.47 Å². The Labute approximate surface area is 213 Å². The third kappa shape index (κ3) is 4.58. The number of carbonyl (C=O) groups excluding carboxylic acids is 3. The standard InChI is InChI=1S/C28H38N2O6/c1-17(29-24(32)11-9-18-8-10-21(31)22(15-18)35-5)25(33)30-14-6-7-20(30)26(34)36-23-16-19-12-13-28(23,4)27(19,2)3/h8-11,15,17,19-20,23,31H,6-7,12-14,16H2,1-5H3,(H,29,32)/b11-9+/t17-,19?,20-,23?,28?/m0/s1. The topological polar surface area (TPSA) is 105 Å². The molecule has 3 unspecified atom stereocenters. The van der Waals surface area contributed by atoms with E-state index < -0.39 is 18.0 Å². The van der Waals surface area contributed by atoms with Gasteiger partial charge < -0.3 is 24.8 Å². The normalized spacial score (nSPS) is 29.4. The van der Waals surface area contributed by atoms with Crippen molar-refractivity contribution >= 4 is 23.9 Å². The summed E-state index contributed by atoms with van der Waals surface area (Å²) < 4.78 is 11.1. The maximum atomic E-state index is 13.2. The molecule has 1 aromatic carbocycles. The summed E-state index contributed by atoms with van der Waals surface area (Å²) in [5.41, 5.74) is 0.773. The monoisotopic (exact) mass is 498 g/mol. The molecule has 36 heavy (non-hydrogen) atoms. The number of esters is 1. The summed E-state index contributed by atoms with van der Waals surface area (Å²) in [7, 11) is 1.45. The van der Waals surface area contributed by atoms with Crippen molar-refractivity contribution in [2.45, 2.75) is 78.0 Å². The number of rotatable bonds is 7. The molecule has 1 heterocycles. The highest BCUT2D eigenvalue weighted by Gasteiger charge is 2.63. The molecule has 5 atom stereocenters. The molecule has 4 rings (SSSR count). The van der Waals surface area contributed by atoms with Crippen LogP contribution in [0.15, 0.2) is 24.3 Å². The molecule has 1 aliphatic heterocycles. The molecule has 0 aromatic heterocycles. The Hall–Kier alpha value is -3.03. The zero-order valence-electron chi connectivity index (χ0n) is 21.9. The van der Waals surface area contributed by atoms with Crippen molar-refractivity contribution in [3.05, 3.63) is 29.8 Å². The van der Waals surface area contributed by atoms with Gasteiger partial charge in [0.15, 0.2) is 11.5 Å². The second-order valence-electron chi connectivity index (χ2n) is 11.2. The Morgan fingerprint density at radius 3 is 2.61 bits per heavy atom. The molecule has 2 aliphatic carbocycles. The van der Waals surface area contributed by atoms with E-state index in [0.717, 1.165) is 19.3 Å². The highest BCUT2D eigenvalue weighted by Crippen LogP contribution is 2.66. The first kappa shape index (κ1) is 26.0. The number of nitrogens with zero attached hydrogens (tertiary/aromatic N) is 1. The first-order valence-electron chi connectivity index (χ1n) is 12.8. The van der Waals surface area contributed by atoms with Crippen LogP contribution in [0.5, 0.6) is 11.5 Å². The summed E-state index contributed by atoms with van der Waals surface area (Å²) in [5, 5.41) is 12.4. The summed E-state index contributed by atoms with van der Waals surface area (Å²) in [5.74, 6) is -0.172. The predicted molar refractivity (Wildman–Crippen MR) is 135 cm³/mol. The number of carbonyl (C=O) groups is 3. The van der Waals surface area contributed by atoms with Gasteiger partial charge in [-0.2, -0.15) is 0 Å². The lowest BCUT2D eigenvalue weighted by molar-refractivity contribution is -0.165. The fourth-order valence-electron chi connectivity index (χ4n) is 6.34. The van der Waals surface area contributed by atoms with E-state index in [0.29, 0.717) is 30.2 Å². The molecule has 3 fully saturated rings. The molecule has 1 aromatic rings. The number of benzene rings is 1. The zero-order chi connectivity index (χ0) is 26.3. The number of amides is 2. The van der Waals surface area contributed by atoms with Crippen LogP contribution in [0.4, 0.5) is 0 Å². The maximum Gasteiger partial charge on any atom is 0.329 e. The van der Waals surface area contributed by atoms with Crippen LogP contribution in [-0.2, 0) is 19.1 Å². The average Bonchev–Trinajstić information content (AvgIpc) is 3.46. The Kier molecular flexibility index (Phi) is 7.08. The average molecular weight is 499 g/mol. The van der Waals surface area contributed by atoms with Crippen molar-refractivity contribution in [1.29, 1.82) is 0 Å². The zero-order valence-corrected chi connectivity index (χ0v) is 21.9. The minimum absolute atomic E-state index is 0.00951. The van der Waals surface area contributed by atoms with Crippen LogP contribution in [0.1, 0.15) is 65.4 Å². The molecule has 2 bridgehead atoms. The van der Waals surface area contributed by atoms with Gasteiger partial charge in [-0.3, -0.25) is 9.59 Å². The van der Waals surface area contributed by atoms with Gasteiger partial charge in [-0.25, -0.2) is 4.79 Å². The molecule has 1 saturated heterocycles. The highest BCUT2D eigenvalue weighted by molar-refractivity contribution is 5.96. The quantitative estimate of drug-likeness (QED) is 0.439. The molecule has 2 amide bonds. The Morgan fingerprint density at radius 1 is 1.22 bits per heavy atom. The number of hydrogen-bond donors (Lipinski definition) is 2. The van der Waals surface area contributed by atoms with Crippen LogP contribution in [-0.4, -0.2) is 59.6 Å². The predicted octanol–water partition coefficient (Wildman–Crippen LogP) is 3.67. The van der Waals surface area contributed by atoms with E-state index in [9.17, 15) is 19.5 Å². The van der Waals surface area contributed by atoms with Gasteiger partial charge in [0, 0.05) is 18.0 Å². The van der Waals surface area contributed by atoms with E-state index in [-0.39, 0.29) is 34.6 Å². The van der Waals surface area contributed by atoms with Gasteiger partial charge >= 0.3 is 5.97 Å². The number of likely N-dealkylation sites (tertiary alicyclic amines) is 1. The van der Waals surface area contributed by atoms with Crippen molar-refractivity contribution in [2.24, 2.45) is 16.7 Å². The Bertz CT molecular complexity index is 1070. The number of hydrogen-bond acceptors (Lipinski definition) is 6. The third-order valence-corrected chi connectivity index (χ3v) is 9.14. The van der Waals surface area contributed by atoms with Crippen LogP contribution in [0.3, 0.4) is 0 Å². The Balaban J connectivity index is 1.34. The fourth-order valence-corrected chi connectivity index (χ4v) is 6.34. The number of phenols is 1. The SMILES string of the molecule is COc1cc(/C=C/C(=O)N[C@@H](C)C(=O)N2CCC[C@H]2C(=O)OC2CC3CCC2(C)C3(C)C)ccc1O. The maximum absolute atomic E-state index is 13.2. The van der Waals surface area contributed by atoms with Crippen LogP contribution >= 0.6 is 0 Å². The first-order valence-corrected chi connectivity index (χ1v) is 12.8. The van der Waals surface area contributed by atoms with Crippen molar-refractivity contribution in [3.63, 3.8) is 0 Å². The second-order valence-corrected chi connectivity index (χ2v) is 11.2. The second kappa shape index (κ2) is 9.79. The van der Waals surface area contributed by atoms with Crippen molar-refractivity contribution in [1.82, 2.24) is 10.2 Å². The number of nitrogens with one attached hydrogen (secondary N) is 1. The lowest BCUT2D eigenvalue weighted by atomic mass is 9.70. The summed E-state index contributed by atoms with van der Waals surface area (Å²) in [6.07, 6.45) is 7.21.